The van der Waals surface area contributed by atoms with Gasteiger partial charge in [-0.15, -0.1) is 0 Å². The number of aromatic carboxylic acids is 1. The number of hydrogen-bond donors (Lipinski definition) is 2. The average molecular weight is 480 g/mol. The first-order valence-electron chi connectivity index (χ1n) is 11.4. The molecule has 8 heteroatoms. The molecule has 34 heavy (non-hydrogen) atoms. The van der Waals surface area contributed by atoms with Crippen LogP contribution in [0.1, 0.15) is 39.9 Å². The highest BCUT2D eigenvalue weighted by molar-refractivity contribution is 7.92. The number of rotatable bonds is 7. The largest absolute Gasteiger partial charge is 0.478 e. The van der Waals surface area contributed by atoms with Crippen LogP contribution in [0.2, 0.25) is 0 Å². The summed E-state index contributed by atoms with van der Waals surface area (Å²) >= 11 is 0. The number of hydrogen-bond acceptors (Lipinski definition) is 5. The summed E-state index contributed by atoms with van der Waals surface area (Å²) in [7, 11) is -3.88. The average Bonchev–Trinajstić information content (AvgIpc) is 2.81. The topological polar surface area (TPSA) is 99.6 Å². The molecule has 3 aromatic rings. The molecule has 2 aromatic carbocycles. The van der Waals surface area contributed by atoms with Gasteiger partial charge in [-0.25, -0.2) is 18.2 Å². The van der Waals surface area contributed by atoms with Gasteiger partial charge in [0.25, 0.3) is 10.0 Å². The van der Waals surface area contributed by atoms with E-state index in [4.69, 9.17) is 0 Å². The van der Waals surface area contributed by atoms with Gasteiger partial charge in [0.15, 0.2) is 0 Å². The molecule has 1 aliphatic heterocycles. The maximum atomic E-state index is 12.9. The number of carboxylic acid groups (broad SMARTS) is 1. The third-order valence-corrected chi connectivity index (χ3v) is 7.79. The number of aryl methyl sites for hydroxylation is 2. The molecule has 2 heterocycles. The Kier molecular flexibility index (Phi) is 6.88. The molecule has 0 spiro atoms. The number of carbonyl (C=O) groups is 1. The second-order valence-corrected chi connectivity index (χ2v) is 10.5. The first-order chi connectivity index (χ1) is 16.2. The van der Waals surface area contributed by atoms with Crippen molar-refractivity contribution in [3.8, 4) is 0 Å². The van der Waals surface area contributed by atoms with Crippen molar-refractivity contribution in [1.82, 2.24) is 4.98 Å². The van der Waals surface area contributed by atoms with Crippen molar-refractivity contribution >= 4 is 27.5 Å². The molecule has 0 unspecified atom stereocenters. The first-order valence-corrected chi connectivity index (χ1v) is 12.8. The molecule has 0 atom stereocenters. The third-order valence-electron chi connectivity index (χ3n) is 6.26. The van der Waals surface area contributed by atoms with E-state index in [2.05, 4.69) is 21.8 Å². The van der Waals surface area contributed by atoms with Crippen molar-refractivity contribution in [3.05, 3.63) is 83.0 Å². The fraction of sp³-hybridized carbons (Fsp3) is 0.308. The van der Waals surface area contributed by atoms with Crippen molar-refractivity contribution in [1.29, 1.82) is 0 Å². The standard InChI is InChI=1S/C26H29N3O4S/c1-18-8-9-19(2)24(14-18)34(32,33)28-22-16-23(26(30)31)25(27-17-22)29-12-10-21(11-13-29)15-20-6-4-3-5-7-20/h3-9,14,16-17,21,28H,10-13,15H2,1-2H3,(H,30,31). The number of piperidine rings is 1. The molecule has 178 valence electrons. The lowest BCUT2D eigenvalue weighted by atomic mass is 9.90. The van der Waals surface area contributed by atoms with Gasteiger partial charge in [-0.05, 0) is 67.9 Å². The Bertz CT molecular complexity index is 1280. The van der Waals surface area contributed by atoms with Crippen LogP contribution in [-0.4, -0.2) is 37.6 Å². The lowest BCUT2D eigenvalue weighted by Gasteiger charge is -2.33. The van der Waals surface area contributed by atoms with Crippen LogP contribution < -0.4 is 9.62 Å². The summed E-state index contributed by atoms with van der Waals surface area (Å²) < 4.78 is 28.4. The van der Waals surface area contributed by atoms with Crippen molar-refractivity contribution < 1.29 is 18.3 Å². The lowest BCUT2D eigenvalue weighted by molar-refractivity contribution is 0.0697. The van der Waals surface area contributed by atoms with E-state index < -0.39 is 16.0 Å². The van der Waals surface area contributed by atoms with E-state index >= 15 is 0 Å². The number of nitrogens with one attached hydrogen (secondary N) is 1. The number of anilines is 2. The molecule has 0 aliphatic carbocycles. The van der Waals surface area contributed by atoms with Crippen LogP contribution in [0.4, 0.5) is 11.5 Å². The zero-order chi connectivity index (χ0) is 24.3. The number of carboxylic acids is 1. The van der Waals surface area contributed by atoms with E-state index in [9.17, 15) is 18.3 Å². The summed E-state index contributed by atoms with van der Waals surface area (Å²) in [6, 6.07) is 16.9. The Morgan fingerprint density at radius 3 is 2.47 bits per heavy atom. The van der Waals surface area contributed by atoms with Gasteiger partial charge in [0.1, 0.15) is 11.4 Å². The summed E-state index contributed by atoms with van der Waals surface area (Å²) in [5.41, 5.74) is 2.86. The van der Waals surface area contributed by atoms with E-state index in [0.717, 1.165) is 24.8 Å². The van der Waals surface area contributed by atoms with E-state index in [1.165, 1.54) is 17.8 Å². The monoisotopic (exact) mass is 479 g/mol. The predicted molar refractivity (Wildman–Crippen MR) is 133 cm³/mol. The molecule has 1 aliphatic rings. The van der Waals surface area contributed by atoms with Gasteiger partial charge >= 0.3 is 5.97 Å². The molecule has 2 N–H and O–H groups in total. The quantitative estimate of drug-likeness (QED) is 0.511. The van der Waals surface area contributed by atoms with E-state index in [1.807, 2.05) is 36.1 Å². The Morgan fingerprint density at radius 1 is 1.09 bits per heavy atom. The van der Waals surface area contributed by atoms with Gasteiger partial charge in [-0.2, -0.15) is 0 Å². The SMILES string of the molecule is Cc1ccc(C)c(S(=O)(=O)Nc2cnc(N3CCC(Cc4ccccc4)CC3)c(C(=O)O)c2)c1. The Balaban J connectivity index is 1.50. The highest BCUT2D eigenvalue weighted by Gasteiger charge is 2.25. The van der Waals surface area contributed by atoms with Crippen LogP contribution in [0.3, 0.4) is 0 Å². The number of nitrogens with zero attached hydrogens (tertiary/aromatic N) is 2. The molecule has 0 saturated carbocycles. The van der Waals surface area contributed by atoms with Crippen LogP contribution in [0, 0.1) is 19.8 Å². The van der Waals surface area contributed by atoms with Gasteiger partial charge in [0, 0.05) is 13.1 Å². The number of benzene rings is 2. The van der Waals surface area contributed by atoms with Crippen molar-refractivity contribution in [2.75, 3.05) is 22.7 Å². The van der Waals surface area contributed by atoms with Crippen molar-refractivity contribution in [2.45, 2.75) is 38.0 Å². The molecular formula is C26H29N3O4S. The van der Waals surface area contributed by atoms with Crippen LogP contribution in [0.25, 0.3) is 0 Å². The van der Waals surface area contributed by atoms with Gasteiger partial charge in [0.2, 0.25) is 0 Å². The fourth-order valence-corrected chi connectivity index (χ4v) is 5.79. The molecule has 1 aromatic heterocycles. The van der Waals surface area contributed by atoms with Gasteiger partial charge in [-0.1, -0.05) is 42.5 Å². The normalized spacial score (nSPS) is 14.7. The minimum atomic E-state index is -3.88. The summed E-state index contributed by atoms with van der Waals surface area (Å²) in [5, 5.41) is 9.82. The second kappa shape index (κ2) is 9.85. The maximum absolute atomic E-state index is 12.9. The summed E-state index contributed by atoms with van der Waals surface area (Å²) in [6.07, 6.45) is 4.28. The van der Waals surface area contributed by atoms with Crippen LogP contribution in [0.5, 0.6) is 0 Å². The fourth-order valence-electron chi connectivity index (χ4n) is 4.43. The highest BCUT2D eigenvalue weighted by Crippen LogP contribution is 2.29. The molecular weight excluding hydrogens is 450 g/mol. The van der Waals surface area contributed by atoms with Crippen molar-refractivity contribution in [3.63, 3.8) is 0 Å². The molecule has 4 rings (SSSR count). The van der Waals surface area contributed by atoms with E-state index in [-0.39, 0.29) is 16.1 Å². The zero-order valence-corrected chi connectivity index (χ0v) is 20.2. The van der Waals surface area contributed by atoms with Crippen LogP contribution in [0.15, 0.2) is 65.7 Å². The number of pyridine rings is 1. The van der Waals surface area contributed by atoms with E-state index in [1.54, 1.807) is 19.1 Å². The molecule has 0 radical (unpaired) electrons. The Labute approximate surface area is 200 Å². The smallest absolute Gasteiger partial charge is 0.339 e. The molecule has 0 bridgehead atoms. The van der Waals surface area contributed by atoms with Gasteiger partial charge in [0.05, 0.1) is 16.8 Å². The van der Waals surface area contributed by atoms with Gasteiger partial charge < -0.3 is 10.0 Å². The number of aromatic nitrogens is 1. The molecule has 1 fully saturated rings. The van der Waals surface area contributed by atoms with Crippen LogP contribution >= 0.6 is 0 Å². The lowest BCUT2D eigenvalue weighted by Crippen LogP contribution is -2.36. The Hall–Kier alpha value is -3.39. The molecule has 7 nitrogen and oxygen atoms in total. The van der Waals surface area contributed by atoms with Crippen LogP contribution in [-0.2, 0) is 16.4 Å². The minimum Gasteiger partial charge on any atom is -0.478 e. The zero-order valence-electron chi connectivity index (χ0n) is 19.4. The first kappa shape index (κ1) is 23.8. The third kappa shape index (κ3) is 5.39. The summed E-state index contributed by atoms with van der Waals surface area (Å²) in [4.78, 5) is 18.5. The summed E-state index contributed by atoms with van der Waals surface area (Å²) in [5.74, 6) is -0.224. The Morgan fingerprint density at radius 2 is 1.79 bits per heavy atom. The molecule has 1 saturated heterocycles. The minimum absolute atomic E-state index is 0.0114. The second-order valence-electron chi connectivity index (χ2n) is 8.89. The number of sulfonamides is 1. The predicted octanol–water partition coefficient (Wildman–Crippen LogP) is 4.66. The van der Waals surface area contributed by atoms with Gasteiger partial charge in [-0.3, -0.25) is 4.72 Å². The van der Waals surface area contributed by atoms with Crippen molar-refractivity contribution in [2.24, 2.45) is 5.92 Å². The maximum Gasteiger partial charge on any atom is 0.339 e. The summed E-state index contributed by atoms with van der Waals surface area (Å²) in [6.45, 7) is 4.95. The highest BCUT2D eigenvalue weighted by atomic mass is 32.2. The van der Waals surface area contributed by atoms with E-state index in [0.29, 0.717) is 30.4 Å². The molecule has 0 amide bonds.